The van der Waals surface area contributed by atoms with E-state index in [2.05, 4.69) is 32.7 Å². The Morgan fingerprint density at radius 2 is 2.00 bits per heavy atom. The van der Waals surface area contributed by atoms with Gasteiger partial charge in [-0.1, -0.05) is 30.3 Å². The highest BCUT2D eigenvalue weighted by Crippen LogP contribution is 2.14. The lowest BCUT2D eigenvalue weighted by atomic mass is 10.1. The number of aliphatic imine (C=N–C) groups is 1. The van der Waals surface area contributed by atoms with Gasteiger partial charge in [0.05, 0.1) is 18.6 Å². The molecule has 7 heteroatoms. The number of nitrogens with one attached hydrogen (secondary N) is 2. The van der Waals surface area contributed by atoms with Crippen molar-refractivity contribution in [2.75, 3.05) is 6.54 Å². The minimum absolute atomic E-state index is 0. The third-order valence-electron chi connectivity index (χ3n) is 4.21. The highest BCUT2D eigenvalue weighted by atomic mass is 127. The Hall–Kier alpha value is -2.42. The molecule has 0 saturated carbocycles. The zero-order valence-electron chi connectivity index (χ0n) is 16.0. The van der Waals surface area contributed by atoms with Crippen LogP contribution in [0.2, 0.25) is 0 Å². The predicted octanol–water partition coefficient (Wildman–Crippen LogP) is 4.19. The second-order valence-corrected chi connectivity index (χ2v) is 6.23. The average Bonchev–Trinajstić information content (AvgIpc) is 3.21. The molecule has 0 radical (unpaired) electrons. The molecular weight excluding hydrogens is 468 g/mol. The fourth-order valence-electron chi connectivity index (χ4n) is 2.81. The fourth-order valence-corrected chi connectivity index (χ4v) is 2.81. The SMILES string of the molecule is CCNC(=NCc1ccc(F)c(C)c1)NCc1ccccc1-n1ccnc1.I. The molecule has 0 amide bonds. The largest absolute Gasteiger partial charge is 0.357 e. The molecule has 3 rings (SSSR count). The topological polar surface area (TPSA) is 54.2 Å². The Balaban J connectivity index is 0.00000280. The van der Waals surface area contributed by atoms with Gasteiger partial charge in [-0.2, -0.15) is 0 Å². The zero-order chi connectivity index (χ0) is 19.1. The summed E-state index contributed by atoms with van der Waals surface area (Å²) in [6, 6.07) is 13.2. The predicted molar refractivity (Wildman–Crippen MR) is 122 cm³/mol. The van der Waals surface area contributed by atoms with Crippen LogP contribution in [0.5, 0.6) is 0 Å². The van der Waals surface area contributed by atoms with Crippen molar-refractivity contribution in [3.05, 3.63) is 83.7 Å². The lowest BCUT2D eigenvalue weighted by Crippen LogP contribution is -2.37. The summed E-state index contributed by atoms with van der Waals surface area (Å²) in [5.41, 5.74) is 3.83. The molecule has 28 heavy (non-hydrogen) atoms. The van der Waals surface area contributed by atoms with Crippen LogP contribution in [0.4, 0.5) is 4.39 Å². The van der Waals surface area contributed by atoms with Crippen LogP contribution >= 0.6 is 24.0 Å². The number of hydrogen-bond donors (Lipinski definition) is 2. The molecule has 0 aliphatic rings. The van der Waals surface area contributed by atoms with E-state index in [0.29, 0.717) is 18.7 Å². The normalized spacial score (nSPS) is 11.0. The molecule has 3 aromatic rings. The quantitative estimate of drug-likeness (QED) is 0.308. The minimum atomic E-state index is -0.191. The van der Waals surface area contributed by atoms with Crippen LogP contribution in [0.1, 0.15) is 23.6 Å². The van der Waals surface area contributed by atoms with Gasteiger partial charge >= 0.3 is 0 Å². The fraction of sp³-hybridized carbons (Fsp3) is 0.238. The second-order valence-electron chi connectivity index (χ2n) is 6.23. The Kier molecular flexibility index (Phi) is 8.43. The van der Waals surface area contributed by atoms with E-state index in [1.54, 1.807) is 25.5 Å². The summed E-state index contributed by atoms with van der Waals surface area (Å²) < 4.78 is 15.4. The number of aromatic nitrogens is 2. The van der Waals surface area contributed by atoms with Crippen molar-refractivity contribution in [3.63, 3.8) is 0 Å². The van der Waals surface area contributed by atoms with Crippen LogP contribution in [-0.2, 0) is 13.1 Å². The zero-order valence-corrected chi connectivity index (χ0v) is 18.4. The van der Waals surface area contributed by atoms with Gasteiger partial charge in [-0.15, -0.1) is 24.0 Å². The Morgan fingerprint density at radius 1 is 1.18 bits per heavy atom. The van der Waals surface area contributed by atoms with Gasteiger partial charge in [0, 0.05) is 25.5 Å². The van der Waals surface area contributed by atoms with E-state index in [0.717, 1.165) is 29.3 Å². The molecule has 0 spiro atoms. The van der Waals surface area contributed by atoms with Gasteiger partial charge < -0.3 is 15.2 Å². The van der Waals surface area contributed by atoms with Crippen LogP contribution < -0.4 is 10.6 Å². The van der Waals surface area contributed by atoms with Crippen LogP contribution in [0.3, 0.4) is 0 Å². The van der Waals surface area contributed by atoms with Crippen molar-refractivity contribution in [2.24, 2.45) is 4.99 Å². The maximum absolute atomic E-state index is 13.4. The third-order valence-corrected chi connectivity index (χ3v) is 4.21. The van der Waals surface area contributed by atoms with E-state index in [-0.39, 0.29) is 29.8 Å². The standard InChI is InChI=1S/C21H24FN5.HI/c1-3-24-21(25-13-17-8-9-19(22)16(2)12-17)26-14-18-6-4-5-7-20(18)27-11-10-23-15-27;/h4-12,15H,3,13-14H2,1-2H3,(H2,24,25,26);1H. The van der Waals surface area contributed by atoms with Crippen molar-refractivity contribution < 1.29 is 4.39 Å². The van der Waals surface area contributed by atoms with E-state index in [1.165, 1.54) is 6.07 Å². The number of halogens is 2. The van der Waals surface area contributed by atoms with Gasteiger partial charge in [0.1, 0.15) is 5.82 Å². The number of hydrogen-bond acceptors (Lipinski definition) is 2. The highest BCUT2D eigenvalue weighted by Gasteiger charge is 2.05. The molecule has 0 aliphatic heterocycles. The van der Waals surface area contributed by atoms with Crippen LogP contribution in [0.25, 0.3) is 5.69 Å². The van der Waals surface area contributed by atoms with Crippen molar-refractivity contribution in [1.29, 1.82) is 0 Å². The van der Waals surface area contributed by atoms with Crippen LogP contribution in [0.15, 0.2) is 66.2 Å². The van der Waals surface area contributed by atoms with Gasteiger partial charge in [-0.05, 0) is 42.7 Å². The Morgan fingerprint density at radius 3 is 2.71 bits per heavy atom. The summed E-state index contributed by atoms with van der Waals surface area (Å²) in [6.07, 6.45) is 5.48. The van der Waals surface area contributed by atoms with E-state index >= 15 is 0 Å². The summed E-state index contributed by atoms with van der Waals surface area (Å²) >= 11 is 0. The lowest BCUT2D eigenvalue weighted by molar-refractivity contribution is 0.617. The molecule has 0 bridgehead atoms. The molecule has 5 nitrogen and oxygen atoms in total. The molecule has 2 aromatic carbocycles. The third kappa shape index (κ3) is 5.79. The molecule has 148 valence electrons. The van der Waals surface area contributed by atoms with E-state index in [1.807, 2.05) is 35.9 Å². The first-order chi connectivity index (χ1) is 13.2. The number of nitrogens with zero attached hydrogens (tertiary/aromatic N) is 3. The Bertz CT molecular complexity index is 909. The molecule has 0 unspecified atom stereocenters. The maximum Gasteiger partial charge on any atom is 0.191 e. The first kappa shape index (κ1) is 21.9. The smallest absolute Gasteiger partial charge is 0.191 e. The summed E-state index contributed by atoms with van der Waals surface area (Å²) in [5.74, 6) is 0.531. The summed E-state index contributed by atoms with van der Waals surface area (Å²) in [4.78, 5) is 8.74. The molecule has 1 aromatic heterocycles. The molecule has 0 aliphatic carbocycles. The van der Waals surface area contributed by atoms with Crippen molar-refractivity contribution in [1.82, 2.24) is 20.2 Å². The van der Waals surface area contributed by atoms with Gasteiger partial charge in [0.25, 0.3) is 0 Å². The first-order valence-electron chi connectivity index (χ1n) is 9.01. The van der Waals surface area contributed by atoms with Crippen LogP contribution in [0, 0.1) is 12.7 Å². The average molecular weight is 493 g/mol. The number of para-hydroxylation sites is 1. The van der Waals surface area contributed by atoms with Gasteiger partial charge in [-0.25, -0.2) is 14.4 Å². The lowest BCUT2D eigenvalue weighted by Gasteiger charge is -2.14. The van der Waals surface area contributed by atoms with Crippen molar-refractivity contribution in [3.8, 4) is 5.69 Å². The summed E-state index contributed by atoms with van der Waals surface area (Å²) in [6.45, 7) is 5.66. The van der Waals surface area contributed by atoms with Gasteiger partial charge in [-0.3, -0.25) is 0 Å². The van der Waals surface area contributed by atoms with E-state index in [9.17, 15) is 4.39 Å². The maximum atomic E-state index is 13.4. The monoisotopic (exact) mass is 493 g/mol. The highest BCUT2D eigenvalue weighted by molar-refractivity contribution is 14.0. The molecule has 1 heterocycles. The van der Waals surface area contributed by atoms with E-state index in [4.69, 9.17) is 0 Å². The summed E-state index contributed by atoms with van der Waals surface area (Å²) in [5, 5.41) is 6.62. The minimum Gasteiger partial charge on any atom is -0.357 e. The summed E-state index contributed by atoms with van der Waals surface area (Å²) in [7, 11) is 0. The molecule has 0 saturated heterocycles. The molecular formula is C21H25FIN5. The van der Waals surface area contributed by atoms with E-state index < -0.39 is 0 Å². The second kappa shape index (κ2) is 10.8. The van der Waals surface area contributed by atoms with Gasteiger partial charge in [0.2, 0.25) is 0 Å². The number of guanidine groups is 1. The number of imidazole rings is 1. The van der Waals surface area contributed by atoms with Crippen molar-refractivity contribution >= 4 is 29.9 Å². The first-order valence-corrected chi connectivity index (χ1v) is 9.01. The molecule has 2 N–H and O–H groups in total. The number of rotatable bonds is 6. The number of aryl methyl sites for hydroxylation is 1. The molecule has 0 fully saturated rings. The number of benzene rings is 2. The van der Waals surface area contributed by atoms with Crippen LogP contribution in [-0.4, -0.2) is 22.1 Å². The Labute approximate surface area is 182 Å². The van der Waals surface area contributed by atoms with Crippen molar-refractivity contribution in [2.45, 2.75) is 26.9 Å². The molecule has 0 atom stereocenters. The van der Waals surface area contributed by atoms with Gasteiger partial charge in [0.15, 0.2) is 5.96 Å².